The van der Waals surface area contributed by atoms with E-state index >= 15 is 0 Å². The second-order valence-corrected chi connectivity index (χ2v) is 7.30. The van der Waals surface area contributed by atoms with Crippen LogP contribution in [0.3, 0.4) is 0 Å². The molecule has 2 aromatic carbocycles. The van der Waals surface area contributed by atoms with Crippen LogP contribution in [0, 0.1) is 5.92 Å². The van der Waals surface area contributed by atoms with E-state index in [0.717, 1.165) is 35.0 Å². The third-order valence-electron chi connectivity index (χ3n) is 5.08. The number of benzene rings is 2. The van der Waals surface area contributed by atoms with Crippen LogP contribution in [-0.2, 0) is 6.42 Å². The number of ether oxygens (including phenoxy) is 2. The molecule has 6 nitrogen and oxygen atoms in total. The molecule has 1 heterocycles. The molecular weight excluding hydrogens is 366 g/mol. The zero-order valence-corrected chi connectivity index (χ0v) is 16.9. The van der Waals surface area contributed by atoms with Crippen molar-refractivity contribution in [2.75, 3.05) is 19.0 Å². The highest BCUT2D eigenvalue weighted by molar-refractivity contribution is 6.03. The molecule has 29 heavy (non-hydrogen) atoms. The van der Waals surface area contributed by atoms with Crippen LogP contribution in [-0.4, -0.2) is 29.3 Å². The summed E-state index contributed by atoms with van der Waals surface area (Å²) >= 11 is 0. The number of rotatable bonds is 6. The van der Waals surface area contributed by atoms with E-state index in [9.17, 15) is 4.79 Å². The zero-order chi connectivity index (χ0) is 20.4. The average molecular weight is 391 g/mol. The molecule has 150 valence electrons. The molecule has 6 heteroatoms. The first-order valence-corrected chi connectivity index (χ1v) is 9.88. The molecule has 1 atom stereocenters. The first kappa shape index (κ1) is 19.1. The van der Waals surface area contributed by atoms with E-state index in [1.54, 1.807) is 7.11 Å². The fraction of sp³-hybridized carbons (Fsp3) is 0.304. The van der Waals surface area contributed by atoms with Gasteiger partial charge in [0.2, 0.25) is 0 Å². The van der Waals surface area contributed by atoms with Crippen molar-refractivity contribution in [1.29, 1.82) is 0 Å². The number of carbonyl (C=O) groups is 1. The molecule has 0 bridgehead atoms. The summed E-state index contributed by atoms with van der Waals surface area (Å²) in [7, 11) is 1.64. The van der Waals surface area contributed by atoms with Gasteiger partial charge in [0.25, 0.3) is 0 Å². The van der Waals surface area contributed by atoms with Crippen LogP contribution >= 0.6 is 0 Å². The molecule has 0 fully saturated rings. The fourth-order valence-electron chi connectivity index (χ4n) is 3.72. The zero-order valence-electron chi connectivity index (χ0n) is 16.9. The summed E-state index contributed by atoms with van der Waals surface area (Å²) in [6.07, 6.45) is 1.35. The minimum atomic E-state index is 0.131. The summed E-state index contributed by atoms with van der Waals surface area (Å²) in [5, 5.41) is 8.10. The summed E-state index contributed by atoms with van der Waals surface area (Å²) in [5.74, 6) is 2.62. The van der Waals surface area contributed by atoms with E-state index in [1.807, 2.05) is 60.1 Å². The van der Waals surface area contributed by atoms with Crippen LogP contribution in [0.1, 0.15) is 36.3 Å². The Morgan fingerprint density at radius 3 is 2.41 bits per heavy atom. The summed E-state index contributed by atoms with van der Waals surface area (Å²) in [6.45, 7) is 4.68. The average Bonchev–Trinajstić information content (AvgIpc) is 3.08. The lowest BCUT2D eigenvalue weighted by Crippen LogP contribution is -2.19. The summed E-state index contributed by atoms with van der Waals surface area (Å²) < 4.78 is 12.6. The number of nitrogens with one attached hydrogen (secondary N) is 1. The lowest BCUT2D eigenvalue weighted by molar-refractivity contribution is 0.0953. The molecule has 1 aliphatic rings. The van der Waals surface area contributed by atoms with Gasteiger partial charge in [0.15, 0.2) is 11.6 Å². The number of anilines is 2. The van der Waals surface area contributed by atoms with Gasteiger partial charge in [-0.25, -0.2) is 4.68 Å². The second kappa shape index (κ2) is 7.99. The van der Waals surface area contributed by atoms with Crippen molar-refractivity contribution in [2.45, 2.75) is 26.7 Å². The van der Waals surface area contributed by atoms with Crippen LogP contribution in [0.4, 0.5) is 11.5 Å². The lowest BCUT2D eigenvalue weighted by atomic mass is 9.87. The van der Waals surface area contributed by atoms with E-state index in [2.05, 4.69) is 12.2 Å². The van der Waals surface area contributed by atoms with Crippen molar-refractivity contribution < 1.29 is 14.3 Å². The Hall–Kier alpha value is -3.28. The topological polar surface area (TPSA) is 65.4 Å². The SMILES string of the molecule is CCOc1ccc(Nc2nn(-c3ccc(OC)cc3)c3c2C(=O)C[C@H](C)C3)cc1. The molecule has 0 spiro atoms. The summed E-state index contributed by atoms with van der Waals surface area (Å²) in [5.41, 5.74) is 3.41. The number of fused-ring (bicyclic) bond motifs is 1. The minimum absolute atomic E-state index is 0.131. The van der Waals surface area contributed by atoms with Crippen molar-refractivity contribution in [3.8, 4) is 17.2 Å². The Morgan fingerprint density at radius 1 is 1.07 bits per heavy atom. The number of hydrogen-bond acceptors (Lipinski definition) is 5. The maximum Gasteiger partial charge on any atom is 0.168 e. The monoisotopic (exact) mass is 391 g/mol. The molecule has 0 aliphatic heterocycles. The highest BCUT2D eigenvalue weighted by atomic mass is 16.5. The molecule has 1 aromatic heterocycles. The third kappa shape index (κ3) is 3.83. The van der Waals surface area contributed by atoms with Crippen molar-refractivity contribution in [1.82, 2.24) is 9.78 Å². The van der Waals surface area contributed by atoms with Crippen molar-refractivity contribution in [2.24, 2.45) is 5.92 Å². The highest BCUT2D eigenvalue weighted by Gasteiger charge is 2.31. The van der Waals surface area contributed by atoms with Gasteiger partial charge in [-0.3, -0.25) is 4.79 Å². The third-order valence-corrected chi connectivity index (χ3v) is 5.08. The highest BCUT2D eigenvalue weighted by Crippen LogP contribution is 2.34. The molecule has 0 saturated carbocycles. The first-order chi connectivity index (χ1) is 14.1. The smallest absolute Gasteiger partial charge is 0.168 e. The van der Waals surface area contributed by atoms with E-state index in [0.29, 0.717) is 30.3 Å². The van der Waals surface area contributed by atoms with Crippen molar-refractivity contribution in [3.05, 3.63) is 59.8 Å². The normalized spacial score (nSPS) is 15.7. The quantitative estimate of drug-likeness (QED) is 0.655. The van der Waals surface area contributed by atoms with Gasteiger partial charge in [-0.05, 0) is 67.8 Å². The predicted octanol–water partition coefficient (Wildman–Crippen LogP) is 4.79. The number of hydrogen-bond donors (Lipinski definition) is 1. The van der Waals surface area contributed by atoms with Crippen molar-refractivity contribution in [3.63, 3.8) is 0 Å². The van der Waals surface area contributed by atoms with Gasteiger partial charge in [-0.15, -0.1) is 5.10 Å². The molecule has 1 aliphatic carbocycles. The Morgan fingerprint density at radius 2 is 1.76 bits per heavy atom. The molecule has 3 aromatic rings. The predicted molar refractivity (Wildman–Crippen MR) is 113 cm³/mol. The number of methoxy groups -OCH3 is 1. The number of ketones is 1. The maximum atomic E-state index is 12.9. The second-order valence-electron chi connectivity index (χ2n) is 7.30. The van der Waals surface area contributed by atoms with Crippen LogP contribution in [0.5, 0.6) is 11.5 Å². The number of aromatic nitrogens is 2. The number of carbonyl (C=O) groups excluding carboxylic acids is 1. The van der Waals surface area contributed by atoms with Gasteiger partial charge in [0.1, 0.15) is 11.5 Å². The minimum Gasteiger partial charge on any atom is -0.497 e. The van der Waals surface area contributed by atoms with Gasteiger partial charge in [-0.2, -0.15) is 0 Å². The molecule has 0 saturated heterocycles. The van der Waals surface area contributed by atoms with Crippen LogP contribution in [0.15, 0.2) is 48.5 Å². The molecule has 0 radical (unpaired) electrons. The standard InChI is InChI=1S/C23H25N3O3/c1-4-29-19-9-5-16(6-10-19)24-23-22-20(13-15(2)14-21(22)27)26(25-23)17-7-11-18(28-3)12-8-17/h5-12,15H,4,13-14H2,1-3H3,(H,24,25)/t15-/m1/s1. The van der Waals surface area contributed by atoms with Gasteiger partial charge >= 0.3 is 0 Å². The fourth-order valence-corrected chi connectivity index (χ4v) is 3.72. The van der Waals surface area contributed by atoms with Crippen LogP contribution < -0.4 is 14.8 Å². The van der Waals surface area contributed by atoms with Gasteiger partial charge < -0.3 is 14.8 Å². The largest absolute Gasteiger partial charge is 0.497 e. The van der Waals surface area contributed by atoms with E-state index in [1.165, 1.54) is 0 Å². The van der Waals surface area contributed by atoms with Crippen LogP contribution in [0.25, 0.3) is 5.69 Å². The summed E-state index contributed by atoms with van der Waals surface area (Å²) in [4.78, 5) is 12.9. The van der Waals surface area contributed by atoms with E-state index in [-0.39, 0.29) is 5.78 Å². The number of Topliss-reactive ketones (excluding diaryl/α,β-unsaturated/α-hetero) is 1. The molecular formula is C23H25N3O3. The van der Waals surface area contributed by atoms with Gasteiger partial charge in [-0.1, -0.05) is 6.92 Å². The molecule has 0 amide bonds. The molecule has 0 unspecified atom stereocenters. The number of nitrogens with zero attached hydrogens (tertiary/aromatic N) is 2. The Bertz CT molecular complexity index is 1010. The van der Waals surface area contributed by atoms with Crippen molar-refractivity contribution >= 4 is 17.3 Å². The first-order valence-electron chi connectivity index (χ1n) is 9.88. The lowest BCUT2D eigenvalue weighted by Gasteiger charge is -2.19. The molecule has 1 N–H and O–H groups in total. The Balaban J connectivity index is 1.72. The maximum absolute atomic E-state index is 12.9. The van der Waals surface area contributed by atoms with E-state index in [4.69, 9.17) is 14.6 Å². The Labute approximate surface area is 170 Å². The van der Waals surface area contributed by atoms with E-state index < -0.39 is 0 Å². The van der Waals surface area contributed by atoms with Crippen LogP contribution in [0.2, 0.25) is 0 Å². The Kier molecular flexibility index (Phi) is 5.25. The summed E-state index contributed by atoms with van der Waals surface area (Å²) in [6, 6.07) is 15.4. The molecule has 4 rings (SSSR count). The van der Waals surface area contributed by atoms with Gasteiger partial charge in [0.05, 0.1) is 30.7 Å². The van der Waals surface area contributed by atoms with Gasteiger partial charge in [0, 0.05) is 12.1 Å².